The zero-order valence-electron chi connectivity index (χ0n) is 12.4. The topological polar surface area (TPSA) is 68.7 Å². The van der Waals surface area contributed by atoms with Crippen molar-refractivity contribution < 1.29 is 28.2 Å². The molecule has 0 spiro atoms. The molecule has 7 heteroatoms. The summed E-state index contributed by atoms with van der Waals surface area (Å²) in [5.41, 5.74) is 0.716. The van der Waals surface area contributed by atoms with Crippen molar-refractivity contribution in [2.45, 2.75) is 12.8 Å². The van der Waals surface area contributed by atoms with Gasteiger partial charge in [-0.2, -0.15) is 0 Å². The number of aromatic nitrogens is 1. The molecule has 0 fully saturated rings. The molecule has 0 unspecified atom stereocenters. The Morgan fingerprint density at radius 2 is 2.00 bits per heavy atom. The fraction of sp³-hybridized carbons (Fsp3) is 0.250. The van der Waals surface area contributed by atoms with E-state index in [0.717, 1.165) is 12.1 Å². The second kappa shape index (κ2) is 7.53. The quantitative estimate of drug-likeness (QED) is 0.792. The molecule has 1 aromatic heterocycles. The Morgan fingerprint density at radius 3 is 2.61 bits per heavy atom. The standard InChI is InChI=1S/C16H15F2NO4/c1-22-16-11(4-2-6-19-16)10-8-12(17)15(13(18)9-10)23-7-3-5-14(20)21/h2,4,6,8-9H,3,5,7H2,1H3,(H,20,21). The average Bonchev–Trinajstić information content (AvgIpc) is 2.53. The van der Waals surface area contributed by atoms with Gasteiger partial charge in [-0.15, -0.1) is 0 Å². The van der Waals surface area contributed by atoms with Crippen LogP contribution in [-0.4, -0.2) is 29.8 Å². The maximum Gasteiger partial charge on any atom is 0.303 e. The number of carboxylic acid groups (broad SMARTS) is 1. The Hall–Kier alpha value is -2.70. The lowest BCUT2D eigenvalue weighted by Crippen LogP contribution is -2.05. The van der Waals surface area contributed by atoms with E-state index < -0.39 is 23.4 Å². The van der Waals surface area contributed by atoms with Gasteiger partial charge in [-0.25, -0.2) is 13.8 Å². The summed E-state index contributed by atoms with van der Waals surface area (Å²) in [6.07, 6.45) is 1.54. The molecule has 122 valence electrons. The molecule has 0 amide bonds. The van der Waals surface area contributed by atoms with Gasteiger partial charge >= 0.3 is 5.97 Å². The predicted octanol–water partition coefficient (Wildman–Crippen LogP) is 3.28. The van der Waals surface area contributed by atoms with E-state index in [-0.39, 0.29) is 30.9 Å². The number of aliphatic carboxylic acids is 1. The number of nitrogens with zero attached hydrogens (tertiary/aromatic N) is 1. The van der Waals surface area contributed by atoms with Crippen molar-refractivity contribution in [3.05, 3.63) is 42.1 Å². The molecule has 0 atom stereocenters. The summed E-state index contributed by atoms with van der Waals surface area (Å²) in [5.74, 6) is -3.01. The molecule has 0 aliphatic heterocycles. The first-order valence-corrected chi connectivity index (χ1v) is 6.86. The van der Waals surface area contributed by atoms with Crippen LogP contribution in [0.3, 0.4) is 0 Å². The second-order valence-corrected chi connectivity index (χ2v) is 4.68. The Kier molecular flexibility index (Phi) is 5.46. The SMILES string of the molecule is COc1ncccc1-c1cc(F)c(OCCCC(=O)O)c(F)c1. The van der Waals surface area contributed by atoms with Gasteiger partial charge in [0, 0.05) is 18.2 Å². The van der Waals surface area contributed by atoms with Gasteiger partial charge in [-0.1, -0.05) is 0 Å². The fourth-order valence-corrected chi connectivity index (χ4v) is 2.02. The van der Waals surface area contributed by atoms with Crippen molar-refractivity contribution in [1.82, 2.24) is 4.98 Å². The summed E-state index contributed by atoms with van der Waals surface area (Å²) >= 11 is 0. The van der Waals surface area contributed by atoms with Gasteiger partial charge in [-0.3, -0.25) is 4.79 Å². The zero-order chi connectivity index (χ0) is 16.8. The molecule has 1 N–H and O–H groups in total. The molecule has 2 aromatic rings. The summed E-state index contributed by atoms with van der Waals surface area (Å²) in [5, 5.41) is 8.51. The molecule has 5 nitrogen and oxygen atoms in total. The molecule has 1 heterocycles. The first-order chi connectivity index (χ1) is 11.0. The monoisotopic (exact) mass is 323 g/mol. The highest BCUT2D eigenvalue weighted by Crippen LogP contribution is 2.32. The number of hydrogen-bond donors (Lipinski definition) is 1. The number of hydrogen-bond acceptors (Lipinski definition) is 4. The van der Waals surface area contributed by atoms with Crippen LogP contribution in [0, 0.1) is 11.6 Å². The van der Waals surface area contributed by atoms with E-state index in [1.807, 2.05) is 0 Å². The lowest BCUT2D eigenvalue weighted by atomic mass is 10.1. The second-order valence-electron chi connectivity index (χ2n) is 4.68. The van der Waals surface area contributed by atoms with Crippen molar-refractivity contribution in [1.29, 1.82) is 0 Å². The Morgan fingerprint density at radius 1 is 1.30 bits per heavy atom. The van der Waals surface area contributed by atoms with Crippen LogP contribution in [0.5, 0.6) is 11.6 Å². The molecule has 0 aliphatic carbocycles. The number of halogens is 2. The van der Waals surface area contributed by atoms with Crippen LogP contribution in [-0.2, 0) is 4.79 Å². The first kappa shape index (κ1) is 16.7. The molecule has 23 heavy (non-hydrogen) atoms. The van der Waals surface area contributed by atoms with Crippen molar-refractivity contribution in [2.75, 3.05) is 13.7 Å². The van der Waals surface area contributed by atoms with Gasteiger partial charge in [0.2, 0.25) is 5.88 Å². The van der Waals surface area contributed by atoms with Crippen LogP contribution >= 0.6 is 0 Å². The molecular formula is C16H15F2NO4. The van der Waals surface area contributed by atoms with Gasteiger partial charge in [0.25, 0.3) is 0 Å². The van der Waals surface area contributed by atoms with Crippen LogP contribution in [0.1, 0.15) is 12.8 Å². The molecular weight excluding hydrogens is 308 g/mol. The van der Waals surface area contributed by atoms with Gasteiger partial charge in [0.1, 0.15) is 0 Å². The summed E-state index contributed by atoms with van der Waals surface area (Å²) in [4.78, 5) is 14.4. The zero-order valence-corrected chi connectivity index (χ0v) is 12.4. The molecule has 0 radical (unpaired) electrons. The van der Waals surface area contributed by atoms with E-state index in [1.165, 1.54) is 13.3 Å². The van der Waals surface area contributed by atoms with E-state index >= 15 is 0 Å². The fourth-order valence-electron chi connectivity index (χ4n) is 2.02. The molecule has 0 saturated carbocycles. The van der Waals surface area contributed by atoms with Crippen molar-refractivity contribution in [3.63, 3.8) is 0 Å². The summed E-state index contributed by atoms with van der Waals surface area (Å²) < 4.78 is 38.2. The van der Waals surface area contributed by atoms with Crippen LogP contribution < -0.4 is 9.47 Å². The smallest absolute Gasteiger partial charge is 0.303 e. The van der Waals surface area contributed by atoms with Crippen LogP contribution in [0.2, 0.25) is 0 Å². The summed E-state index contributed by atoms with van der Waals surface area (Å²) in [6, 6.07) is 5.50. The van der Waals surface area contributed by atoms with E-state index in [2.05, 4.69) is 4.98 Å². The number of ether oxygens (including phenoxy) is 2. The maximum absolute atomic E-state index is 14.1. The maximum atomic E-state index is 14.1. The number of carbonyl (C=O) groups is 1. The van der Waals surface area contributed by atoms with E-state index in [0.29, 0.717) is 5.56 Å². The highest BCUT2D eigenvalue weighted by molar-refractivity contribution is 5.69. The molecule has 0 bridgehead atoms. The van der Waals surface area contributed by atoms with Crippen LogP contribution in [0.4, 0.5) is 8.78 Å². The van der Waals surface area contributed by atoms with E-state index in [4.69, 9.17) is 14.6 Å². The van der Waals surface area contributed by atoms with E-state index in [1.54, 1.807) is 12.1 Å². The Balaban J connectivity index is 2.21. The molecule has 0 aliphatic rings. The average molecular weight is 323 g/mol. The number of rotatable bonds is 7. The van der Waals surface area contributed by atoms with Gasteiger partial charge < -0.3 is 14.6 Å². The van der Waals surface area contributed by atoms with Crippen LogP contribution in [0.15, 0.2) is 30.5 Å². The highest BCUT2D eigenvalue weighted by atomic mass is 19.1. The normalized spacial score (nSPS) is 10.4. The van der Waals surface area contributed by atoms with Gasteiger partial charge in [-0.05, 0) is 36.2 Å². The van der Waals surface area contributed by atoms with Gasteiger partial charge in [0.15, 0.2) is 17.4 Å². The summed E-state index contributed by atoms with van der Waals surface area (Å²) in [7, 11) is 1.42. The highest BCUT2D eigenvalue weighted by Gasteiger charge is 2.16. The lowest BCUT2D eigenvalue weighted by Gasteiger charge is -2.11. The third-order valence-corrected chi connectivity index (χ3v) is 3.06. The molecule has 2 rings (SSSR count). The van der Waals surface area contributed by atoms with Gasteiger partial charge in [0.05, 0.1) is 13.7 Å². The first-order valence-electron chi connectivity index (χ1n) is 6.86. The number of benzene rings is 1. The minimum atomic E-state index is -0.992. The third-order valence-electron chi connectivity index (χ3n) is 3.06. The molecule has 0 saturated heterocycles. The van der Waals surface area contributed by atoms with Crippen LogP contribution in [0.25, 0.3) is 11.1 Å². The minimum absolute atomic E-state index is 0.0876. The Labute approximate surface area is 131 Å². The minimum Gasteiger partial charge on any atom is -0.488 e. The predicted molar refractivity (Wildman–Crippen MR) is 78.5 cm³/mol. The Bertz CT molecular complexity index is 683. The number of pyridine rings is 1. The summed E-state index contributed by atoms with van der Waals surface area (Å²) in [6.45, 7) is -0.0876. The lowest BCUT2D eigenvalue weighted by molar-refractivity contribution is -0.137. The van der Waals surface area contributed by atoms with Crippen molar-refractivity contribution in [2.24, 2.45) is 0 Å². The van der Waals surface area contributed by atoms with E-state index in [9.17, 15) is 13.6 Å². The van der Waals surface area contributed by atoms with Crippen molar-refractivity contribution >= 4 is 5.97 Å². The molecule has 1 aromatic carbocycles. The van der Waals surface area contributed by atoms with Crippen molar-refractivity contribution in [3.8, 4) is 22.8 Å². The number of carboxylic acids is 1. The number of methoxy groups -OCH3 is 1. The largest absolute Gasteiger partial charge is 0.488 e. The third kappa shape index (κ3) is 4.15.